The lowest BCUT2D eigenvalue weighted by molar-refractivity contribution is 0.102. The highest BCUT2D eigenvalue weighted by atomic mass is 16.1. The standard InChI is InChI=1S/C25H21N5O/c1-15-8-4-5-9-19(15)25(31)26-22-14-18(13-12-16(22)2)23-27-28-24-21-11-7-6-10-20(21)17(3)29-30(23)24/h4-14H,1-3H3,(H,26,31). The molecule has 0 aliphatic rings. The fraction of sp³-hybridized carbons (Fsp3) is 0.120. The van der Waals surface area contributed by atoms with Crippen LogP contribution < -0.4 is 5.32 Å². The minimum absolute atomic E-state index is 0.135. The van der Waals surface area contributed by atoms with Crippen LogP contribution in [0.3, 0.4) is 0 Å². The molecular weight excluding hydrogens is 386 g/mol. The Balaban J connectivity index is 1.59. The van der Waals surface area contributed by atoms with Crippen LogP contribution in [0.25, 0.3) is 27.8 Å². The molecule has 0 atom stereocenters. The quantitative estimate of drug-likeness (QED) is 0.450. The van der Waals surface area contributed by atoms with Gasteiger partial charge in [-0.3, -0.25) is 4.79 Å². The molecule has 0 aliphatic heterocycles. The Bertz CT molecular complexity index is 1470. The fourth-order valence-corrected chi connectivity index (χ4v) is 3.83. The zero-order valence-corrected chi connectivity index (χ0v) is 17.5. The van der Waals surface area contributed by atoms with Gasteiger partial charge in [0.15, 0.2) is 11.5 Å². The van der Waals surface area contributed by atoms with Gasteiger partial charge in [-0.15, -0.1) is 10.2 Å². The van der Waals surface area contributed by atoms with Crippen molar-refractivity contribution in [2.24, 2.45) is 0 Å². The molecule has 6 nitrogen and oxygen atoms in total. The number of fused-ring (bicyclic) bond motifs is 3. The molecule has 3 aromatic carbocycles. The Morgan fingerprint density at radius 3 is 2.39 bits per heavy atom. The number of benzene rings is 3. The second-order valence-electron chi connectivity index (χ2n) is 7.69. The fourth-order valence-electron chi connectivity index (χ4n) is 3.83. The maximum Gasteiger partial charge on any atom is 0.255 e. The summed E-state index contributed by atoms with van der Waals surface area (Å²) in [4.78, 5) is 12.8. The molecule has 0 fully saturated rings. The van der Waals surface area contributed by atoms with Crippen molar-refractivity contribution >= 4 is 28.0 Å². The summed E-state index contributed by atoms with van der Waals surface area (Å²) < 4.78 is 1.77. The Labute approximate surface area is 179 Å². The average molecular weight is 407 g/mol. The van der Waals surface area contributed by atoms with Crippen molar-refractivity contribution in [3.05, 3.63) is 89.1 Å². The highest BCUT2D eigenvalue weighted by molar-refractivity contribution is 6.06. The van der Waals surface area contributed by atoms with Gasteiger partial charge < -0.3 is 5.32 Å². The number of nitrogens with zero attached hydrogens (tertiary/aromatic N) is 4. The predicted octanol–water partition coefficient (Wildman–Crippen LogP) is 5.12. The zero-order valence-electron chi connectivity index (χ0n) is 17.5. The van der Waals surface area contributed by atoms with E-state index in [4.69, 9.17) is 5.10 Å². The molecule has 0 unspecified atom stereocenters. The van der Waals surface area contributed by atoms with Crippen LogP contribution in [-0.2, 0) is 0 Å². The molecule has 5 rings (SSSR count). The molecule has 0 bridgehead atoms. The summed E-state index contributed by atoms with van der Waals surface area (Å²) in [6.45, 7) is 5.88. The summed E-state index contributed by atoms with van der Waals surface area (Å²) >= 11 is 0. The highest BCUT2D eigenvalue weighted by Crippen LogP contribution is 2.28. The number of aromatic nitrogens is 4. The molecule has 0 saturated heterocycles. The van der Waals surface area contributed by atoms with Crippen LogP contribution in [0.2, 0.25) is 0 Å². The number of nitrogens with one attached hydrogen (secondary N) is 1. The summed E-state index contributed by atoms with van der Waals surface area (Å²) in [5.41, 5.74) is 5.74. The average Bonchev–Trinajstić information content (AvgIpc) is 3.19. The number of carbonyl (C=O) groups excluding carboxylic acids is 1. The third-order valence-electron chi connectivity index (χ3n) is 5.58. The van der Waals surface area contributed by atoms with Crippen molar-refractivity contribution in [3.63, 3.8) is 0 Å². The molecule has 5 aromatic rings. The zero-order chi connectivity index (χ0) is 21.5. The van der Waals surface area contributed by atoms with Crippen molar-refractivity contribution < 1.29 is 4.79 Å². The first-order chi connectivity index (χ1) is 15.0. The Hall–Kier alpha value is -4.06. The molecule has 2 heterocycles. The van der Waals surface area contributed by atoms with Gasteiger partial charge in [0.1, 0.15) is 0 Å². The molecule has 152 valence electrons. The molecule has 0 saturated carbocycles. The first-order valence-electron chi connectivity index (χ1n) is 10.1. The van der Waals surface area contributed by atoms with E-state index in [9.17, 15) is 4.79 Å². The largest absolute Gasteiger partial charge is 0.322 e. The van der Waals surface area contributed by atoms with Crippen LogP contribution in [0.1, 0.15) is 27.2 Å². The molecule has 1 amide bonds. The van der Waals surface area contributed by atoms with Crippen LogP contribution >= 0.6 is 0 Å². The molecule has 0 radical (unpaired) electrons. The van der Waals surface area contributed by atoms with E-state index in [1.807, 2.05) is 87.5 Å². The first-order valence-corrected chi connectivity index (χ1v) is 10.1. The SMILES string of the molecule is Cc1ccc(-c2nnc3c4ccccc4c(C)nn23)cc1NC(=O)c1ccccc1C. The smallest absolute Gasteiger partial charge is 0.255 e. The lowest BCUT2D eigenvalue weighted by Gasteiger charge is -2.11. The van der Waals surface area contributed by atoms with Crippen LogP contribution in [0.15, 0.2) is 66.7 Å². The summed E-state index contributed by atoms with van der Waals surface area (Å²) in [5, 5.41) is 18.6. The van der Waals surface area contributed by atoms with Gasteiger partial charge in [-0.25, -0.2) is 0 Å². The minimum Gasteiger partial charge on any atom is -0.322 e. The van der Waals surface area contributed by atoms with Crippen LogP contribution in [0, 0.1) is 20.8 Å². The van der Waals surface area contributed by atoms with Crippen molar-refractivity contribution in [2.45, 2.75) is 20.8 Å². The monoisotopic (exact) mass is 407 g/mol. The molecule has 0 aliphatic carbocycles. The summed E-state index contributed by atoms with van der Waals surface area (Å²) in [6.07, 6.45) is 0. The van der Waals surface area contributed by atoms with Crippen molar-refractivity contribution in [2.75, 3.05) is 5.32 Å². The Kier molecular flexibility index (Phi) is 4.47. The lowest BCUT2D eigenvalue weighted by Crippen LogP contribution is -2.14. The van der Waals surface area contributed by atoms with Gasteiger partial charge in [-0.2, -0.15) is 9.61 Å². The summed E-state index contributed by atoms with van der Waals surface area (Å²) in [7, 11) is 0. The molecule has 0 spiro atoms. The lowest BCUT2D eigenvalue weighted by atomic mass is 10.1. The third-order valence-corrected chi connectivity index (χ3v) is 5.58. The highest BCUT2D eigenvalue weighted by Gasteiger charge is 2.16. The predicted molar refractivity (Wildman–Crippen MR) is 122 cm³/mol. The number of carbonyl (C=O) groups is 1. The molecule has 2 aromatic heterocycles. The van der Waals surface area contributed by atoms with Crippen LogP contribution in [-0.4, -0.2) is 25.7 Å². The summed E-state index contributed by atoms with van der Waals surface area (Å²) in [5.74, 6) is 0.500. The van der Waals surface area contributed by atoms with Crippen molar-refractivity contribution in [3.8, 4) is 11.4 Å². The number of anilines is 1. The van der Waals surface area contributed by atoms with Gasteiger partial charge in [0.05, 0.1) is 5.69 Å². The first kappa shape index (κ1) is 18.9. The van der Waals surface area contributed by atoms with Gasteiger partial charge in [0, 0.05) is 27.6 Å². The second-order valence-corrected chi connectivity index (χ2v) is 7.69. The normalized spacial score (nSPS) is 11.2. The van der Waals surface area contributed by atoms with E-state index in [0.29, 0.717) is 17.0 Å². The van der Waals surface area contributed by atoms with Crippen molar-refractivity contribution in [1.29, 1.82) is 0 Å². The van der Waals surface area contributed by atoms with Crippen LogP contribution in [0.5, 0.6) is 0 Å². The Morgan fingerprint density at radius 1 is 0.839 bits per heavy atom. The maximum atomic E-state index is 12.8. The maximum absolute atomic E-state index is 12.8. The molecule has 1 N–H and O–H groups in total. The molecule has 31 heavy (non-hydrogen) atoms. The van der Waals surface area contributed by atoms with Gasteiger partial charge in [0.25, 0.3) is 5.91 Å². The van der Waals surface area contributed by atoms with E-state index >= 15 is 0 Å². The van der Waals surface area contributed by atoms with E-state index < -0.39 is 0 Å². The van der Waals surface area contributed by atoms with Crippen LogP contribution in [0.4, 0.5) is 5.69 Å². The van der Waals surface area contributed by atoms with E-state index in [0.717, 1.165) is 38.8 Å². The second kappa shape index (κ2) is 7.32. The van der Waals surface area contributed by atoms with Gasteiger partial charge in [0.2, 0.25) is 0 Å². The number of amides is 1. The van der Waals surface area contributed by atoms with Gasteiger partial charge in [-0.1, -0.05) is 54.6 Å². The van der Waals surface area contributed by atoms with Gasteiger partial charge >= 0.3 is 0 Å². The van der Waals surface area contributed by atoms with E-state index in [2.05, 4.69) is 15.5 Å². The summed E-state index contributed by atoms with van der Waals surface area (Å²) in [6, 6.07) is 21.5. The number of hydrogen-bond donors (Lipinski definition) is 1. The number of aryl methyl sites for hydroxylation is 3. The van der Waals surface area contributed by atoms with Crippen molar-refractivity contribution in [1.82, 2.24) is 19.8 Å². The van der Waals surface area contributed by atoms with E-state index in [-0.39, 0.29) is 5.91 Å². The number of hydrogen-bond acceptors (Lipinski definition) is 4. The van der Waals surface area contributed by atoms with E-state index in [1.54, 1.807) is 4.52 Å². The topological polar surface area (TPSA) is 72.2 Å². The molecule has 6 heteroatoms. The van der Waals surface area contributed by atoms with Gasteiger partial charge in [-0.05, 0) is 44.0 Å². The Morgan fingerprint density at radius 2 is 1.58 bits per heavy atom. The minimum atomic E-state index is -0.135. The van der Waals surface area contributed by atoms with E-state index in [1.165, 1.54) is 0 Å². The third kappa shape index (κ3) is 3.22. The number of rotatable bonds is 3. The molecular formula is C25H21N5O.